The molecule has 0 spiro atoms. The molecule has 0 radical (unpaired) electrons. The van der Waals surface area contributed by atoms with Crippen LogP contribution in [0.1, 0.15) is 12.6 Å². The van der Waals surface area contributed by atoms with Gasteiger partial charge in [-0.1, -0.05) is 0 Å². The van der Waals surface area contributed by atoms with Crippen molar-refractivity contribution in [1.29, 1.82) is 5.26 Å². The van der Waals surface area contributed by atoms with Crippen molar-refractivity contribution < 1.29 is 24.8 Å². The Morgan fingerprint density at radius 3 is 2.92 bits per heavy atom. The largest absolute Gasteiger partial charge is 0.492 e. The number of fused-ring (bicyclic) bond motifs is 1. The lowest BCUT2D eigenvalue weighted by atomic mass is 9.92. The Morgan fingerprint density at radius 2 is 2.25 bits per heavy atom. The highest BCUT2D eigenvalue weighted by Crippen LogP contribution is 2.40. The van der Waals surface area contributed by atoms with Crippen molar-refractivity contribution in [1.82, 2.24) is 14.6 Å². The van der Waals surface area contributed by atoms with Crippen molar-refractivity contribution in [2.75, 3.05) is 18.9 Å². The molecule has 2 aromatic heterocycles. The molecule has 128 valence electrons. The summed E-state index contributed by atoms with van der Waals surface area (Å²) < 4.78 is 12.1. The zero-order chi connectivity index (χ0) is 17.5. The Kier molecular flexibility index (Phi) is 4.02. The fourth-order valence-electron chi connectivity index (χ4n) is 2.83. The Bertz CT molecular complexity index is 803. The lowest BCUT2D eigenvalue weighted by Gasteiger charge is -2.24. The van der Waals surface area contributed by atoms with Gasteiger partial charge in [-0.15, -0.1) is 5.10 Å². The third kappa shape index (κ3) is 2.26. The Morgan fingerprint density at radius 1 is 1.50 bits per heavy atom. The van der Waals surface area contributed by atoms with Crippen molar-refractivity contribution in [3.8, 4) is 11.9 Å². The number of nitrogens with two attached hydrogens (primary N) is 1. The van der Waals surface area contributed by atoms with Crippen molar-refractivity contribution in [2.24, 2.45) is 0 Å². The highest BCUT2D eigenvalue weighted by atomic mass is 16.6. The number of anilines is 1. The minimum absolute atomic E-state index is 0.0177. The topological polar surface area (TPSA) is 159 Å². The Hall–Kier alpha value is -2.45. The lowest BCUT2D eigenvalue weighted by molar-refractivity contribution is -0.0748. The number of aromatic nitrogens is 3. The molecule has 0 aromatic carbocycles. The number of ether oxygens (including phenoxy) is 2. The summed E-state index contributed by atoms with van der Waals surface area (Å²) in [5.74, 6) is -0.592. The molecule has 0 saturated carbocycles. The number of aliphatic hydroxyl groups is 2. The van der Waals surface area contributed by atoms with Gasteiger partial charge in [0.05, 0.1) is 12.3 Å². The van der Waals surface area contributed by atoms with Gasteiger partial charge in [0.1, 0.15) is 29.9 Å². The molecular formula is C14H17N5O5. The van der Waals surface area contributed by atoms with Crippen LogP contribution in [0, 0.1) is 11.3 Å². The van der Waals surface area contributed by atoms with Gasteiger partial charge in [-0.25, -0.2) is 4.52 Å². The number of nitrogen functional groups attached to an aromatic ring is 1. The summed E-state index contributed by atoms with van der Waals surface area (Å²) in [6.07, 6.45) is -3.75. The summed E-state index contributed by atoms with van der Waals surface area (Å²) in [5, 5.41) is 44.1. The number of aliphatic hydroxyl groups excluding tert-OH is 2. The van der Waals surface area contributed by atoms with E-state index in [1.165, 1.54) is 16.6 Å². The molecule has 1 aliphatic heterocycles. The first kappa shape index (κ1) is 16.4. The van der Waals surface area contributed by atoms with Gasteiger partial charge in [0.25, 0.3) is 0 Å². The Balaban J connectivity index is 2.11. The molecule has 3 heterocycles. The van der Waals surface area contributed by atoms with Crippen LogP contribution in [0.4, 0.5) is 5.95 Å². The zero-order valence-electron chi connectivity index (χ0n) is 12.8. The number of aromatic hydroxyl groups is 1. The summed E-state index contributed by atoms with van der Waals surface area (Å²) in [6.45, 7) is 2.19. The molecule has 24 heavy (non-hydrogen) atoms. The van der Waals surface area contributed by atoms with E-state index in [4.69, 9.17) is 15.2 Å². The van der Waals surface area contributed by atoms with E-state index in [-0.39, 0.29) is 29.6 Å². The molecule has 10 nitrogen and oxygen atoms in total. The van der Waals surface area contributed by atoms with Crippen LogP contribution in [-0.4, -0.2) is 61.4 Å². The molecule has 5 N–H and O–H groups in total. The van der Waals surface area contributed by atoms with Gasteiger partial charge in [0.2, 0.25) is 17.4 Å². The molecule has 0 amide bonds. The van der Waals surface area contributed by atoms with Gasteiger partial charge in [0.15, 0.2) is 0 Å². The second-order valence-corrected chi connectivity index (χ2v) is 5.41. The maximum Gasteiger partial charge on any atom is 0.241 e. The van der Waals surface area contributed by atoms with Crippen LogP contribution in [-0.2, 0) is 15.1 Å². The first-order valence-corrected chi connectivity index (χ1v) is 7.32. The van der Waals surface area contributed by atoms with Crippen LogP contribution in [0.15, 0.2) is 12.1 Å². The van der Waals surface area contributed by atoms with Crippen LogP contribution in [0.25, 0.3) is 5.52 Å². The third-order valence-corrected chi connectivity index (χ3v) is 4.00. The van der Waals surface area contributed by atoms with Crippen molar-refractivity contribution >= 4 is 11.5 Å². The smallest absolute Gasteiger partial charge is 0.241 e. The number of hydrogen-bond acceptors (Lipinski definition) is 9. The first-order chi connectivity index (χ1) is 11.4. The predicted octanol–water partition coefficient (Wildman–Crippen LogP) is -1.11. The zero-order valence-corrected chi connectivity index (χ0v) is 12.8. The van der Waals surface area contributed by atoms with E-state index < -0.39 is 23.9 Å². The molecular weight excluding hydrogens is 318 g/mol. The van der Waals surface area contributed by atoms with E-state index in [2.05, 4.69) is 10.1 Å². The average Bonchev–Trinajstić information content (AvgIpc) is 3.08. The van der Waals surface area contributed by atoms with E-state index in [9.17, 15) is 20.6 Å². The van der Waals surface area contributed by atoms with Crippen LogP contribution in [0.3, 0.4) is 0 Å². The van der Waals surface area contributed by atoms with Gasteiger partial charge in [-0.05, 0) is 19.1 Å². The summed E-state index contributed by atoms with van der Waals surface area (Å²) in [5.41, 5.74) is 3.95. The Labute approximate surface area is 136 Å². The second-order valence-electron chi connectivity index (χ2n) is 5.41. The van der Waals surface area contributed by atoms with E-state index in [0.29, 0.717) is 6.61 Å². The van der Waals surface area contributed by atoms with E-state index in [1.54, 1.807) is 6.92 Å². The summed E-state index contributed by atoms with van der Waals surface area (Å²) in [6, 6.07) is 4.82. The highest BCUT2D eigenvalue weighted by molar-refractivity contribution is 5.59. The molecule has 1 fully saturated rings. The number of hydrogen-bond donors (Lipinski definition) is 4. The quantitative estimate of drug-likeness (QED) is 0.543. The molecule has 4 atom stereocenters. The molecule has 0 unspecified atom stereocenters. The second kappa shape index (κ2) is 5.88. The van der Waals surface area contributed by atoms with Crippen LogP contribution < -0.4 is 5.73 Å². The minimum atomic E-state index is -1.89. The third-order valence-electron chi connectivity index (χ3n) is 4.00. The van der Waals surface area contributed by atoms with Crippen molar-refractivity contribution in [2.45, 2.75) is 30.8 Å². The molecule has 2 aromatic rings. The lowest BCUT2D eigenvalue weighted by Crippen LogP contribution is -2.41. The van der Waals surface area contributed by atoms with Gasteiger partial charge >= 0.3 is 0 Å². The first-order valence-electron chi connectivity index (χ1n) is 7.32. The summed E-state index contributed by atoms with van der Waals surface area (Å²) >= 11 is 0. The predicted molar refractivity (Wildman–Crippen MR) is 79.7 cm³/mol. The van der Waals surface area contributed by atoms with Gasteiger partial charge < -0.3 is 30.5 Å². The minimum Gasteiger partial charge on any atom is -0.492 e. The molecule has 10 heteroatoms. The standard InChI is InChI=1S/C14H17N5O5/c1-2-23-5-8-10(20)11(21)14(6-15,24-8)9-4-3-7-12(22)17-13(16)18-19(7)9/h3-4,8,10-11,20-21H,2,5H2,1H3,(H3,16,17,18,22)/t8-,10-,11-,14+/m1/s1. The van der Waals surface area contributed by atoms with Crippen LogP contribution >= 0.6 is 0 Å². The molecule has 1 saturated heterocycles. The normalized spacial score (nSPS) is 29.8. The van der Waals surface area contributed by atoms with Crippen LogP contribution in [0.5, 0.6) is 5.88 Å². The molecule has 0 aliphatic carbocycles. The van der Waals surface area contributed by atoms with Crippen molar-refractivity contribution in [3.05, 3.63) is 17.8 Å². The average molecular weight is 335 g/mol. The molecule has 3 rings (SSSR count). The van der Waals surface area contributed by atoms with E-state index in [1.807, 2.05) is 6.07 Å². The van der Waals surface area contributed by atoms with Gasteiger partial charge in [0, 0.05) is 6.61 Å². The summed E-state index contributed by atoms with van der Waals surface area (Å²) in [7, 11) is 0. The monoisotopic (exact) mass is 335 g/mol. The maximum absolute atomic E-state index is 10.4. The fourth-order valence-corrected chi connectivity index (χ4v) is 2.83. The van der Waals surface area contributed by atoms with Gasteiger partial charge in [-0.3, -0.25) is 0 Å². The highest BCUT2D eigenvalue weighted by Gasteiger charge is 2.57. The number of rotatable bonds is 4. The number of nitrogens with zero attached hydrogens (tertiary/aromatic N) is 4. The van der Waals surface area contributed by atoms with Gasteiger partial charge in [-0.2, -0.15) is 10.2 Å². The molecule has 0 bridgehead atoms. The van der Waals surface area contributed by atoms with E-state index in [0.717, 1.165) is 0 Å². The van der Waals surface area contributed by atoms with Crippen molar-refractivity contribution in [3.63, 3.8) is 0 Å². The maximum atomic E-state index is 10.4. The van der Waals surface area contributed by atoms with Crippen LogP contribution in [0.2, 0.25) is 0 Å². The van der Waals surface area contributed by atoms with E-state index >= 15 is 0 Å². The number of nitriles is 1. The fraction of sp³-hybridized carbons (Fsp3) is 0.500. The SMILES string of the molecule is CCOC[C@H]1O[C@@](C#N)(c2ccc3c(O)nc(N)nn23)[C@H](O)[C@@H]1O. The summed E-state index contributed by atoms with van der Waals surface area (Å²) in [4.78, 5) is 3.63. The molecule has 1 aliphatic rings.